The van der Waals surface area contributed by atoms with Crippen LogP contribution >= 0.6 is 0 Å². The third-order valence-electron chi connectivity index (χ3n) is 5.63. The van der Waals surface area contributed by atoms with Gasteiger partial charge in [-0.1, -0.05) is 24.3 Å². The van der Waals surface area contributed by atoms with E-state index in [1.165, 1.54) is 24.3 Å². The molecule has 0 aliphatic carbocycles. The Labute approximate surface area is 187 Å². The molecule has 2 unspecified atom stereocenters. The Morgan fingerprint density at radius 2 is 1.72 bits per heavy atom. The molecule has 0 spiro atoms. The van der Waals surface area contributed by atoms with Crippen LogP contribution in [-0.2, 0) is 22.6 Å². The monoisotopic (exact) mass is 439 g/mol. The molecule has 4 nitrogen and oxygen atoms in total. The maximum Gasteiger partial charge on any atom is 0.132 e. The van der Waals surface area contributed by atoms with Crippen LogP contribution in [0.25, 0.3) is 0 Å². The maximum absolute atomic E-state index is 13.5. The van der Waals surface area contributed by atoms with Crippen LogP contribution in [-0.4, -0.2) is 18.8 Å². The highest BCUT2D eigenvalue weighted by Gasteiger charge is 2.45. The zero-order chi connectivity index (χ0) is 22.7. The van der Waals surface area contributed by atoms with E-state index in [-0.39, 0.29) is 23.8 Å². The van der Waals surface area contributed by atoms with Crippen molar-refractivity contribution in [1.29, 1.82) is 0 Å². The SMILES string of the molecule is COC1c2cc(NCc3cccc(F)c3)ccc2OC(C)(C)C1OCc1ccc(F)cc1. The molecular weight excluding hydrogens is 412 g/mol. The Morgan fingerprint density at radius 1 is 0.938 bits per heavy atom. The van der Waals surface area contributed by atoms with Crippen LogP contribution in [0.3, 0.4) is 0 Å². The molecule has 3 aromatic carbocycles. The lowest BCUT2D eigenvalue weighted by atomic mass is 9.88. The summed E-state index contributed by atoms with van der Waals surface area (Å²) in [7, 11) is 1.65. The van der Waals surface area contributed by atoms with Crippen molar-refractivity contribution in [2.45, 2.75) is 44.8 Å². The average Bonchev–Trinajstić information content (AvgIpc) is 2.77. The van der Waals surface area contributed by atoms with Gasteiger partial charge < -0.3 is 19.5 Å². The zero-order valence-electron chi connectivity index (χ0n) is 18.4. The number of ether oxygens (including phenoxy) is 3. The summed E-state index contributed by atoms with van der Waals surface area (Å²) in [5.74, 6) is 0.197. The standard InChI is InChI=1S/C26H27F2NO3/c1-26(2)25(31-16-17-7-9-19(27)10-8-17)24(30-3)22-14-21(11-12-23(22)32-26)29-15-18-5-4-6-20(28)13-18/h4-14,24-25,29H,15-16H2,1-3H3. The van der Waals surface area contributed by atoms with Crippen LogP contribution in [0.1, 0.15) is 36.6 Å². The first kappa shape index (κ1) is 22.2. The van der Waals surface area contributed by atoms with Crippen molar-refractivity contribution in [1.82, 2.24) is 0 Å². The number of fused-ring (bicyclic) bond motifs is 1. The Bertz CT molecular complexity index is 1070. The van der Waals surface area contributed by atoms with Crippen molar-refractivity contribution in [3.8, 4) is 5.75 Å². The van der Waals surface area contributed by atoms with Crippen LogP contribution in [0.15, 0.2) is 66.7 Å². The zero-order valence-corrected chi connectivity index (χ0v) is 18.4. The molecule has 1 aliphatic rings. The van der Waals surface area contributed by atoms with Gasteiger partial charge in [0.15, 0.2) is 0 Å². The van der Waals surface area contributed by atoms with Gasteiger partial charge in [0.1, 0.15) is 35.2 Å². The fourth-order valence-corrected chi connectivity index (χ4v) is 4.00. The summed E-state index contributed by atoms with van der Waals surface area (Å²) in [5.41, 5.74) is 2.83. The van der Waals surface area contributed by atoms with Crippen LogP contribution in [0, 0.1) is 11.6 Å². The van der Waals surface area contributed by atoms with Crippen LogP contribution in [0.5, 0.6) is 5.75 Å². The number of rotatable bonds is 7. The Kier molecular flexibility index (Phi) is 6.44. The molecule has 1 aliphatic heterocycles. The summed E-state index contributed by atoms with van der Waals surface area (Å²) in [6.07, 6.45) is -0.742. The number of halogens is 2. The normalized spacial score (nSPS) is 19.2. The predicted molar refractivity (Wildman–Crippen MR) is 120 cm³/mol. The number of benzene rings is 3. The predicted octanol–water partition coefficient (Wildman–Crippen LogP) is 6.02. The van der Waals surface area contributed by atoms with E-state index in [1.807, 2.05) is 38.1 Å². The van der Waals surface area contributed by atoms with E-state index in [9.17, 15) is 8.78 Å². The summed E-state index contributed by atoms with van der Waals surface area (Å²) in [6.45, 7) is 4.73. The molecular formula is C26H27F2NO3. The summed E-state index contributed by atoms with van der Waals surface area (Å²) in [6, 6.07) is 18.6. The van der Waals surface area contributed by atoms with Gasteiger partial charge in [0.25, 0.3) is 0 Å². The van der Waals surface area contributed by atoms with Crippen LogP contribution < -0.4 is 10.1 Å². The Morgan fingerprint density at radius 3 is 2.44 bits per heavy atom. The molecule has 6 heteroatoms. The van der Waals surface area contributed by atoms with Crippen molar-refractivity contribution in [2.24, 2.45) is 0 Å². The molecule has 3 aromatic rings. The molecule has 0 fully saturated rings. The van der Waals surface area contributed by atoms with Gasteiger partial charge in [0.2, 0.25) is 0 Å². The fraction of sp³-hybridized carbons (Fsp3) is 0.308. The van der Waals surface area contributed by atoms with Gasteiger partial charge in [-0.15, -0.1) is 0 Å². The minimum Gasteiger partial charge on any atom is -0.485 e. The third kappa shape index (κ3) is 4.92. The van der Waals surface area contributed by atoms with Gasteiger partial charge >= 0.3 is 0 Å². The van der Waals surface area contributed by atoms with Gasteiger partial charge in [-0.2, -0.15) is 0 Å². The third-order valence-corrected chi connectivity index (χ3v) is 5.63. The number of nitrogens with one attached hydrogen (secondary N) is 1. The molecule has 4 rings (SSSR count). The van der Waals surface area contributed by atoms with Gasteiger partial charge in [-0.25, -0.2) is 8.78 Å². The van der Waals surface area contributed by atoms with Gasteiger partial charge in [0, 0.05) is 24.9 Å². The van der Waals surface area contributed by atoms with E-state index in [0.29, 0.717) is 13.2 Å². The lowest BCUT2D eigenvalue weighted by Crippen LogP contribution is -2.50. The maximum atomic E-state index is 13.5. The van der Waals surface area contributed by atoms with Crippen molar-refractivity contribution in [3.63, 3.8) is 0 Å². The van der Waals surface area contributed by atoms with Gasteiger partial charge in [0.05, 0.1) is 6.61 Å². The Hall–Kier alpha value is -2.96. The molecule has 1 heterocycles. The topological polar surface area (TPSA) is 39.7 Å². The molecule has 168 valence electrons. The molecule has 32 heavy (non-hydrogen) atoms. The van der Waals surface area contributed by atoms with Crippen molar-refractivity contribution < 1.29 is 23.0 Å². The number of hydrogen-bond donors (Lipinski definition) is 1. The smallest absolute Gasteiger partial charge is 0.132 e. The quantitative estimate of drug-likeness (QED) is 0.489. The van der Waals surface area contributed by atoms with Crippen molar-refractivity contribution in [2.75, 3.05) is 12.4 Å². The fourth-order valence-electron chi connectivity index (χ4n) is 4.00. The summed E-state index contributed by atoms with van der Waals surface area (Å²) in [5, 5.41) is 3.33. The minimum atomic E-state index is -0.635. The second-order valence-corrected chi connectivity index (χ2v) is 8.46. The number of methoxy groups -OCH3 is 1. The van der Waals surface area contributed by atoms with E-state index in [1.54, 1.807) is 25.3 Å². The molecule has 0 radical (unpaired) electrons. The Balaban J connectivity index is 1.53. The second kappa shape index (κ2) is 9.27. The first-order valence-electron chi connectivity index (χ1n) is 10.6. The molecule has 0 bridgehead atoms. The first-order chi connectivity index (χ1) is 15.4. The number of anilines is 1. The van der Waals surface area contributed by atoms with Gasteiger partial charge in [-0.3, -0.25) is 0 Å². The highest BCUT2D eigenvalue weighted by Crippen LogP contribution is 2.44. The van der Waals surface area contributed by atoms with E-state index in [0.717, 1.165) is 28.1 Å². The van der Waals surface area contributed by atoms with E-state index in [2.05, 4.69) is 5.32 Å². The molecule has 0 amide bonds. The molecule has 0 saturated carbocycles. The largest absolute Gasteiger partial charge is 0.485 e. The minimum absolute atomic E-state index is 0.258. The second-order valence-electron chi connectivity index (χ2n) is 8.46. The highest BCUT2D eigenvalue weighted by atomic mass is 19.1. The summed E-state index contributed by atoms with van der Waals surface area (Å²) >= 11 is 0. The first-order valence-corrected chi connectivity index (χ1v) is 10.6. The lowest BCUT2D eigenvalue weighted by molar-refractivity contribution is -0.159. The van der Waals surface area contributed by atoms with E-state index >= 15 is 0 Å². The summed E-state index contributed by atoms with van der Waals surface area (Å²) < 4.78 is 45.0. The molecule has 2 atom stereocenters. The van der Waals surface area contributed by atoms with Crippen molar-refractivity contribution in [3.05, 3.63) is 95.1 Å². The summed E-state index contributed by atoms with van der Waals surface area (Å²) in [4.78, 5) is 0. The van der Waals surface area contributed by atoms with Gasteiger partial charge in [-0.05, 0) is 67.4 Å². The highest BCUT2D eigenvalue weighted by molar-refractivity contribution is 5.53. The number of hydrogen-bond acceptors (Lipinski definition) is 4. The van der Waals surface area contributed by atoms with Crippen LogP contribution in [0.2, 0.25) is 0 Å². The molecule has 0 saturated heterocycles. The molecule has 1 N–H and O–H groups in total. The lowest BCUT2D eigenvalue weighted by Gasteiger charge is -2.44. The van der Waals surface area contributed by atoms with E-state index in [4.69, 9.17) is 14.2 Å². The van der Waals surface area contributed by atoms with Crippen molar-refractivity contribution >= 4 is 5.69 Å². The van der Waals surface area contributed by atoms with Crippen LogP contribution in [0.4, 0.5) is 14.5 Å². The average molecular weight is 440 g/mol. The van der Waals surface area contributed by atoms with E-state index < -0.39 is 5.60 Å². The molecule has 0 aromatic heterocycles.